The molecule has 0 radical (unpaired) electrons. The summed E-state index contributed by atoms with van der Waals surface area (Å²) in [7, 11) is 0. The van der Waals surface area contributed by atoms with Crippen molar-refractivity contribution in [1.82, 2.24) is 4.57 Å². The Kier molecular flexibility index (Phi) is 6.88. The molecule has 0 atom stereocenters. The quantitative estimate of drug-likeness (QED) is 0.197. The Hall–Kier alpha value is -5.60. The molecule has 0 amide bonds. The van der Waals surface area contributed by atoms with Gasteiger partial charge in [-0.3, -0.25) is 0 Å². The number of fused-ring (bicyclic) bond motifs is 4. The highest BCUT2D eigenvalue weighted by atomic mass is 15.1. The van der Waals surface area contributed by atoms with Crippen molar-refractivity contribution in [2.24, 2.45) is 0 Å². The lowest BCUT2D eigenvalue weighted by Gasteiger charge is -2.29. The molecule has 0 bridgehead atoms. The molecule has 6 aromatic carbocycles. The molecule has 8 rings (SSSR count). The summed E-state index contributed by atoms with van der Waals surface area (Å²) < 4.78 is 2.40. The molecule has 216 valence electrons. The fourth-order valence-corrected chi connectivity index (χ4v) is 6.80. The Balaban J connectivity index is 1.26. The van der Waals surface area contributed by atoms with Crippen molar-refractivity contribution in [3.63, 3.8) is 0 Å². The summed E-state index contributed by atoms with van der Waals surface area (Å²) in [6.07, 6.45) is 5.75. The highest BCUT2D eigenvalue weighted by Gasteiger charge is 2.19. The second-order valence-electron chi connectivity index (χ2n) is 11.6. The lowest BCUT2D eigenvalue weighted by atomic mass is 9.93. The van der Waals surface area contributed by atoms with E-state index in [4.69, 9.17) is 0 Å². The molecule has 2 nitrogen and oxygen atoms in total. The minimum Gasteiger partial charge on any atom is -0.337 e. The number of rotatable bonds is 5. The van der Waals surface area contributed by atoms with Crippen LogP contribution >= 0.6 is 0 Å². The molecule has 7 aromatic rings. The van der Waals surface area contributed by atoms with E-state index in [2.05, 4.69) is 180 Å². The van der Waals surface area contributed by atoms with Gasteiger partial charge >= 0.3 is 0 Å². The molecule has 0 saturated carbocycles. The van der Waals surface area contributed by atoms with Crippen molar-refractivity contribution in [2.45, 2.75) is 13.3 Å². The maximum atomic E-state index is 2.43. The largest absolute Gasteiger partial charge is 0.337 e. The molecule has 0 fully saturated rings. The number of hydrogen-bond donors (Lipinski definition) is 0. The Labute approximate surface area is 264 Å². The van der Waals surface area contributed by atoms with E-state index >= 15 is 0 Å². The van der Waals surface area contributed by atoms with Crippen LogP contribution in [0.25, 0.3) is 49.8 Å². The molecule has 0 saturated heterocycles. The Morgan fingerprint density at radius 2 is 1.18 bits per heavy atom. The molecule has 1 aromatic heterocycles. The maximum Gasteiger partial charge on any atom is 0.0541 e. The van der Waals surface area contributed by atoms with E-state index in [1.807, 2.05) is 0 Å². The molecule has 45 heavy (non-hydrogen) atoms. The molecule has 1 aliphatic rings. The lowest BCUT2D eigenvalue weighted by molar-refractivity contribution is 1.08. The van der Waals surface area contributed by atoms with Crippen molar-refractivity contribution >= 4 is 44.3 Å². The molecular weight excluding hydrogens is 544 g/mol. The van der Waals surface area contributed by atoms with Gasteiger partial charge in [0.25, 0.3) is 0 Å². The summed E-state index contributed by atoms with van der Waals surface area (Å²) in [6.45, 7) is 3.05. The molecule has 0 N–H and O–H groups in total. The standard InChI is InChI=1S/C43H34N2/c1-2-31-29-35(27-28-44(36-15-7-4-8-16-36)41-19-11-9-17-38(31)41)34-23-26-43-40(30-34)39-18-10-12-20-42(39)45(43)37-24-21-33(22-25-37)32-13-5-3-6-14-32/h3-27,29-30H,2,28H2,1H3/b31-29+,35-27+. The average Bonchev–Trinajstić information content (AvgIpc) is 3.43. The summed E-state index contributed by atoms with van der Waals surface area (Å²) in [5.41, 5.74) is 13.7. The monoisotopic (exact) mass is 578 g/mol. The predicted octanol–water partition coefficient (Wildman–Crippen LogP) is 11.5. The van der Waals surface area contributed by atoms with Crippen LogP contribution in [-0.4, -0.2) is 11.1 Å². The summed E-state index contributed by atoms with van der Waals surface area (Å²) in [5.74, 6) is 0. The number of aromatic nitrogens is 1. The van der Waals surface area contributed by atoms with Crippen LogP contribution in [0.1, 0.15) is 24.5 Å². The van der Waals surface area contributed by atoms with E-state index in [0.717, 1.165) is 13.0 Å². The zero-order valence-corrected chi connectivity index (χ0v) is 25.4. The second-order valence-corrected chi connectivity index (χ2v) is 11.6. The Bertz CT molecular complexity index is 2200. The normalized spacial score (nSPS) is 15.5. The number of anilines is 2. The van der Waals surface area contributed by atoms with E-state index in [-0.39, 0.29) is 0 Å². The van der Waals surface area contributed by atoms with Gasteiger partial charge in [0.2, 0.25) is 0 Å². The van der Waals surface area contributed by atoms with E-state index in [0.29, 0.717) is 0 Å². The topological polar surface area (TPSA) is 8.17 Å². The highest BCUT2D eigenvalue weighted by molar-refractivity contribution is 6.10. The fourth-order valence-electron chi connectivity index (χ4n) is 6.80. The van der Waals surface area contributed by atoms with Crippen LogP contribution in [-0.2, 0) is 0 Å². The SMILES string of the molecule is CC/C1=C\C(c2ccc3c(c2)c2ccccc2n3-c2ccc(-c3ccccc3)cc2)=C/CN(c2ccccc2)c2ccccc21. The third-order valence-corrected chi connectivity index (χ3v) is 9.05. The molecule has 0 aliphatic carbocycles. The van der Waals surface area contributed by atoms with Gasteiger partial charge in [-0.05, 0) is 82.8 Å². The van der Waals surface area contributed by atoms with Gasteiger partial charge in [-0.15, -0.1) is 0 Å². The van der Waals surface area contributed by atoms with Gasteiger partial charge in [-0.2, -0.15) is 0 Å². The molecule has 2 heterocycles. The van der Waals surface area contributed by atoms with Crippen LogP contribution in [0.5, 0.6) is 0 Å². The molecular formula is C43H34N2. The summed E-state index contributed by atoms with van der Waals surface area (Å²) in [4.78, 5) is 2.43. The molecule has 0 spiro atoms. The lowest BCUT2D eigenvalue weighted by Crippen LogP contribution is -2.19. The first-order chi connectivity index (χ1) is 22.3. The predicted molar refractivity (Wildman–Crippen MR) is 192 cm³/mol. The first-order valence-electron chi connectivity index (χ1n) is 15.8. The zero-order valence-electron chi connectivity index (χ0n) is 25.4. The van der Waals surface area contributed by atoms with Crippen molar-refractivity contribution in [3.8, 4) is 16.8 Å². The molecule has 1 aliphatic heterocycles. The second kappa shape index (κ2) is 11.5. The van der Waals surface area contributed by atoms with E-state index < -0.39 is 0 Å². The van der Waals surface area contributed by atoms with Crippen LogP contribution in [0.4, 0.5) is 11.4 Å². The number of benzene rings is 6. The van der Waals surface area contributed by atoms with Crippen LogP contribution < -0.4 is 4.90 Å². The summed E-state index contributed by atoms with van der Waals surface area (Å²) in [6, 6.07) is 54.8. The number of hydrogen-bond acceptors (Lipinski definition) is 1. The highest BCUT2D eigenvalue weighted by Crippen LogP contribution is 2.39. The Morgan fingerprint density at radius 3 is 1.98 bits per heavy atom. The third kappa shape index (κ3) is 4.85. The number of para-hydroxylation sites is 3. The van der Waals surface area contributed by atoms with Crippen molar-refractivity contribution in [1.29, 1.82) is 0 Å². The average molecular weight is 579 g/mol. The van der Waals surface area contributed by atoms with Crippen LogP contribution in [0.3, 0.4) is 0 Å². The zero-order chi connectivity index (χ0) is 30.2. The Morgan fingerprint density at radius 1 is 0.533 bits per heavy atom. The first-order valence-corrected chi connectivity index (χ1v) is 15.8. The van der Waals surface area contributed by atoms with E-state index in [1.54, 1.807) is 0 Å². The smallest absolute Gasteiger partial charge is 0.0541 e. The van der Waals surface area contributed by atoms with Gasteiger partial charge in [0.15, 0.2) is 0 Å². The first kappa shape index (κ1) is 27.0. The minimum absolute atomic E-state index is 0.789. The van der Waals surface area contributed by atoms with Crippen molar-refractivity contribution < 1.29 is 0 Å². The summed E-state index contributed by atoms with van der Waals surface area (Å²) in [5, 5.41) is 2.54. The van der Waals surface area contributed by atoms with E-state index in [9.17, 15) is 0 Å². The van der Waals surface area contributed by atoms with Gasteiger partial charge in [0, 0.05) is 39.9 Å². The van der Waals surface area contributed by atoms with Crippen molar-refractivity contribution in [2.75, 3.05) is 11.4 Å². The van der Waals surface area contributed by atoms with E-state index in [1.165, 1.54) is 72.3 Å². The van der Waals surface area contributed by atoms with Gasteiger partial charge in [-0.25, -0.2) is 0 Å². The van der Waals surface area contributed by atoms with Crippen molar-refractivity contribution in [3.05, 3.63) is 175 Å². The minimum atomic E-state index is 0.789. The van der Waals surface area contributed by atoms with Crippen LogP contribution in [0.15, 0.2) is 164 Å². The molecule has 0 unspecified atom stereocenters. The van der Waals surface area contributed by atoms with Gasteiger partial charge in [0.1, 0.15) is 0 Å². The van der Waals surface area contributed by atoms with Crippen LogP contribution in [0.2, 0.25) is 0 Å². The summed E-state index contributed by atoms with van der Waals surface area (Å²) >= 11 is 0. The van der Waals surface area contributed by atoms with Gasteiger partial charge in [0.05, 0.1) is 11.0 Å². The number of nitrogens with zero attached hydrogens (tertiary/aromatic N) is 2. The van der Waals surface area contributed by atoms with Gasteiger partial charge in [-0.1, -0.05) is 122 Å². The fraction of sp³-hybridized carbons (Fsp3) is 0.0698. The van der Waals surface area contributed by atoms with Gasteiger partial charge < -0.3 is 9.47 Å². The number of allylic oxidation sites excluding steroid dienone is 3. The molecule has 2 heteroatoms. The van der Waals surface area contributed by atoms with Crippen LogP contribution in [0, 0.1) is 0 Å². The third-order valence-electron chi connectivity index (χ3n) is 9.05. The maximum absolute atomic E-state index is 2.43.